The van der Waals surface area contributed by atoms with E-state index in [1.807, 2.05) is 12.1 Å². The zero-order valence-electron chi connectivity index (χ0n) is 26.0. The zero-order valence-corrected chi connectivity index (χ0v) is 28.3. The number of hydrogen-bond donors (Lipinski definition) is 0. The molecule has 14 heteroatoms. The van der Waals surface area contributed by atoms with Crippen LogP contribution in [0, 0.1) is 5.92 Å². The standard InChI is InChI=1S/C34H35Cl2F2N3O6S/c35-26-17-39-18-27(36)25(26)16-29(24-7-8-28(47-34(37)38)30(15-24)45-20-22-1-2-22)46-33(43)32-41(11-14-48-32)31(42)23-5-3-21(4-6-23)19-40-9-12-44-13-10-40/h3-8,15,17-18,22,29,32,34H,1-2,9-14,16,19-20H2/t29-,32?/m0/s1. The number of morpholine rings is 1. The number of carbonyl (C=O) groups is 2. The van der Waals surface area contributed by atoms with Crippen LogP contribution in [0.1, 0.15) is 46.0 Å². The summed E-state index contributed by atoms with van der Waals surface area (Å²) in [5.41, 5.74) is 2.50. The summed E-state index contributed by atoms with van der Waals surface area (Å²) >= 11 is 14.2. The lowest BCUT2D eigenvalue weighted by molar-refractivity contribution is -0.151. The van der Waals surface area contributed by atoms with Crippen LogP contribution in [0.15, 0.2) is 54.9 Å². The molecule has 0 N–H and O–H groups in total. The molecule has 2 aromatic carbocycles. The smallest absolute Gasteiger partial charge is 0.387 e. The molecule has 256 valence electrons. The van der Waals surface area contributed by atoms with Crippen molar-refractivity contribution in [2.24, 2.45) is 5.92 Å². The van der Waals surface area contributed by atoms with Gasteiger partial charge < -0.3 is 23.8 Å². The molecule has 3 fully saturated rings. The fraction of sp³-hybridized carbons (Fsp3) is 0.441. The molecular weight excluding hydrogens is 687 g/mol. The van der Waals surface area contributed by atoms with Gasteiger partial charge in [0.25, 0.3) is 5.91 Å². The molecule has 1 unspecified atom stereocenters. The number of thioether (sulfide) groups is 1. The molecule has 1 amide bonds. The monoisotopic (exact) mass is 721 g/mol. The van der Waals surface area contributed by atoms with Gasteiger partial charge in [0.05, 0.1) is 29.9 Å². The lowest BCUT2D eigenvalue weighted by Gasteiger charge is -2.27. The number of amides is 1. The first-order valence-corrected chi connectivity index (χ1v) is 17.6. The van der Waals surface area contributed by atoms with E-state index in [4.69, 9.17) is 42.1 Å². The average Bonchev–Trinajstić information content (AvgIpc) is 3.78. The average molecular weight is 723 g/mol. The van der Waals surface area contributed by atoms with Crippen molar-refractivity contribution in [3.8, 4) is 11.5 Å². The molecule has 3 heterocycles. The highest BCUT2D eigenvalue weighted by Crippen LogP contribution is 2.39. The summed E-state index contributed by atoms with van der Waals surface area (Å²) in [6.07, 6.45) is 3.96. The first-order valence-electron chi connectivity index (χ1n) is 15.8. The number of aromatic nitrogens is 1. The summed E-state index contributed by atoms with van der Waals surface area (Å²) in [6.45, 7) is 1.56. The molecule has 2 aliphatic heterocycles. The van der Waals surface area contributed by atoms with Gasteiger partial charge in [-0.3, -0.25) is 14.7 Å². The Balaban J connectivity index is 1.21. The Kier molecular flexibility index (Phi) is 11.6. The van der Waals surface area contributed by atoms with Gasteiger partial charge in [0.1, 0.15) is 6.10 Å². The van der Waals surface area contributed by atoms with Crippen LogP contribution in [0.3, 0.4) is 0 Å². The Bertz CT molecular complexity index is 1570. The molecular formula is C34H35Cl2F2N3O6S. The van der Waals surface area contributed by atoms with Gasteiger partial charge >= 0.3 is 12.6 Å². The number of halogens is 4. The SMILES string of the molecule is O=C(O[C@@H](Cc1c(Cl)cncc1Cl)c1ccc(OC(F)F)c(OCC2CC2)c1)C1SCCN1C(=O)c1ccc(CN2CCOCC2)cc1. The lowest BCUT2D eigenvalue weighted by Crippen LogP contribution is -2.40. The third kappa shape index (κ3) is 8.89. The summed E-state index contributed by atoms with van der Waals surface area (Å²) in [6, 6.07) is 11.9. The van der Waals surface area contributed by atoms with E-state index in [2.05, 4.69) is 9.88 Å². The second kappa shape index (κ2) is 16.0. The minimum absolute atomic E-state index is 0.0545. The maximum Gasteiger partial charge on any atom is 0.387 e. The lowest BCUT2D eigenvalue weighted by atomic mass is 10.0. The minimum Gasteiger partial charge on any atom is -0.489 e. The number of nitrogens with zero attached hydrogens (tertiary/aromatic N) is 3. The van der Waals surface area contributed by atoms with Crippen LogP contribution in [0.2, 0.25) is 10.0 Å². The molecule has 2 saturated heterocycles. The van der Waals surface area contributed by atoms with Crippen LogP contribution in [0.4, 0.5) is 8.78 Å². The van der Waals surface area contributed by atoms with Crippen molar-refractivity contribution in [1.82, 2.24) is 14.8 Å². The second-order valence-electron chi connectivity index (χ2n) is 11.9. The maximum atomic E-state index is 13.8. The first kappa shape index (κ1) is 34.7. The zero-order chi connectivity index (χ0) is 33.6. The Morgan fingerprint density at radius 2 is 1.73 bits per heavy atom. The van der Waals surface area contributed by atoms with Crippen molar-refractivity contribution in [2.45, 2.75) is 43.9 Å². The minimum atomic E-state index is -3.05. The van der Waals surface area contributed by atoms with Crippen LogP contribution < -0.4 is 9.47 Å². The fourth-order valence-electron chi connectivity index (χ4n) is 5.58. The predicted octanol–water partition coefficient (Wildman–Crippen LogP) is 6.65. The van der Waals surface area contributed by atoms with E-state index in [1.165, 1.54) is 47.3 Å². The van der Waals surface area contributed by atoms with Gasteiger partial charge in [-0.1, -0.05) is 41.4 Å². The number of carbonyl (C=O) groups excluding carboxylic acids is 2. The van der Waals surface area contributed by atoms with Crippen LogP contribution in [0.25, 0.3) is 0 Å². The Hall–Kier alpha value is -3.16. The number of esters is 1. The normalized spacial score (nSPS) is 18.9. The number of alkyl halides is 2. The van der Waals surface area contributed by atoms with E-state index in [0.29, 0.717) is 54.7 Å². The van der Waals surface area contributed by atoms with Gasteiger partial charge in [-0.15, -0.1) is 11.8 Å². The molecule has 1 saturated carbocycles. The number of pyridine rings is 1. The molecule has 0 radical (unpaired) electrons. The largest absolute Gasteiger partial charge is 0.489 e. The molecule has 0 bridgehead atoms. The van der Waals surface area contributed by atoms with Crippen LogP contribution >= 0.6 is 35.0 Å². The Morgan fingerprint density at radius 1 is 1.00 bits per heavy atom. The van der Waals surface area contributed by atoms with Crippen molar-refractivity contribution in [1.29, 1.82) is 0 Å². The number of ether oxygens (including phenoxy) is 4. The first-order chi connectivity index (χ1) is 23.2. The molecule has 9 nitrogen and oxygen atoms in total. The molecule has 6 rings (SSSR count). The third-order valence-electron chi connectivity index (χ3n) is 8.39. The van der Waals surface area contributed by atoms with Crippen molar-refractivity contribution in [2.75, 3.05) is 45.2 Å². The van der Waals surface area contributed by atoms with Crippen LogP contribution in [0.5, 0.6) is 11.5 Å². The van der Waals surface area contributed by atoms with Gasteiger partial charge in [-0.05, 0) is 59.7 Å². The molecule has 3 aromatic rings. The van der Waals surface area contributed by atoms with Crippen LogP contribution in [-0.4, -0.2) is 83.9 Å². The van der Waals surface area contributed by atoms with Gasteiger partial charge in [0.2, 0.25) is 0 Å². The van der Waals surface area contributed by atoms with E-state index in [1.54, 1.807) is 12.1 Å². The van der Waals surface area contributed by atoms with E-state index in [0.717, 1.165) is 38.0 Å². The highest BCUT2D eigenvalue weighted by molar-refractivity contribution is 8.00. The summed E-state index contributed by atoms with van der Waals surface area (Å²) in [5.74, 6) is -0.0303. The summed E-state index contributed by atoms with van der Waals surface area (Å²) in [4.78, 5) is 35.3. The van der Waals surface area contributed by atoms with E-state index in [-0.39, 0.29) is 33.9 Å². The third-order valence-corrected chi connectivity index (χ3v) is 10.2. The highest BCUT2D eigenvalue weighted by atomic mass is 35.5. The topological polar surface area (TPSA) is 90.4 Å². The van der Waals surface area contributed by atoms with Crippen molar-refractivity contribution < 1.29 is 37.3 Å². The van der Waals surface area contributed by atoms with Gasteiger partial charge in [-0.2, -0.15) is 8.78 Å². The molecule has 1 aliphatic carbocycles. The quantitative estimate of drug-likeness (QED) is 0.180. The fourth-order valence-corrected chi connectivity index (χ4v) is 7.19. The van der Waals surface area contributed by atoms with Crippen molar-refractivity contribution in [3.05, 3.63) is 87.2 Å². The van der Waals surface area contributed by atoms with Crippen molar-refractivity contribution in [3.63, 3.8) is 0 Å². The molecule has 0 spiro atoms. The molecule has 48 heavy (non-hydrogen) atoms. The Morgan fingerprint density at radius 3 is 2.42 bits per heavy atom. The summed E-state index contributed by atoms with van der Waals surface area (Å²) in [7, 11) is 0. The summed E-state index contributed by atoms with van der Waals surface area (Å²) in [5, 5.41) is -0.352. The second-order valence-corrected chi connectivity index (χ2v) is 13.9. The maximum absolute atomic E-state index is 13.8. The number of hydrogen-bond acceptors (Lipinski definition) is 9. The number of rotatable bonds is 13. The van der Waals surface area contributed by atoms with E-state index < -0.39 is 24.1 Å². The Labute approximate surface area is 291 Å². The number of benzene rings is 2. The highest BCUT2D eigenvalue weighted by Gasteiger charge is 2.38. The van der Waals surface area contributed by atoms with E-state index in [9.17, 15) is 18.4 Å². The van der Waals surface area contributed by atoms with Crippen LogP contribution in [-0.2, 0) is 27.2 Å². The van der Waals surface area contributed by atoms with Gasteiger partial charge in [-0.25, -0.2) is 4.79 Å². The molecule has 1 aromatic heterocycles. The predicted molar refractivity (Wildman–Crippen MR) is 178 cm³/mol. The van der Waals surface area contributed by atoms with Gasteiger partial charge in [0.15, 0.2) is 16.9 Å². The molecule has 3 aliphatic rings. The van der Waals surface area contributed by atoms with Gasteiger partial charge in [0, 0.05) is 56.3 Å². The molecule has 2 atom stereocenters. The summed E-state index contributed by atoms with van der Waals surface area (Å²) < 4.78 is 48.5. The van der Waals surface area contributed by atoms with Crippen molar-refractivity contribution >= 4 is 46.8 Å². The van der Waals surface area contributed by atoms with E-state index >= 15 is 0 Å².